The summed E-state index contributed by atoms with van der Waals surface area (Å²) in [5, 5.41) is 4.32. The third-order valence-electron chi connectivity index (χ3n) is 3.90. The summed E-state index contributed by atoms with van der Waals surface area (Å²) < 4.78 is 0. The van der Waals surface area contributed by atoms with Crippen molar-refractivity contribution in [2.75, 3.05) is 0 Å². The minimum atomic E-state index is -0.0671. The van der Waals surface area contributed by atoms with Gasteiger partial charge in [0.15, 0.2) is 14.7 Å². The largest absolute Gasteiger partial charge is 0.166 e. The van der Waals surface area contributed by atoms with Crippen molar-refractivity contribution in [3.05, 3.63) is 102 Å². The van der Waals surface area contributed by atoms with E-state index in [1.807, 2.05) is 0 Å². The van der Waals surface area contributed by atoms with E-state index in [1.54, 1.807) is 11.3 Å². The maximum Gasteiger partial charge on any atom is 0.166 e. The first-order valence-corrected chi connectivity index (χ1v) is 10.1. The zero-order chi connectivity index (χ0) is 16.2. The van der Waals surface area contributed by atoms with Crippen LogP contribution in [0.2, 0.25) is 0 Å². The fourth-order valence-corrected chi connectivity index (χ4v) is 5.48. The molecule has 0 amide bonds. The molecule has 0 saturated heterocycles. The average Bonchev–Trinajstić information content (AvgIpc) is 3.19. The molecule has 4 aromatic rings. The standard InChI is InChI=1S/C22H17S2/c1-3-7-20(8-4-1)24(21-9-5-2-6-10-21)22-13-11-18(12-14-22)19-15-16-23-17-19/h1-17H/q+1. The summed E-state index contributed by atoms with van der Waals surface area (Å²) in [6, 6.07) is 32.8. The third-order valence-corrected chi connectivity index (χ3v) is 6.82. The molecule has 0 radical (unpaired) electrons. The summed E-state index contributed by atoms with van der Waals surface area (Å²) in [4.78, 5) is 4.06. The molecule has 1 aromatic heterocycles. The van der Waals surface area contributed by atoms with Gasteiger partial charge in [-0.2, -0.15) is 11.3 Å². The van der Waals surface area contributed by atoms with Gasteiger partial charge in [0.1, 0.15) is 0 Å². The second-order valence-corrected chi connectivity index (χ2v) is 8.28. The van der Waals surface area contributed by atoms with Crippen molar-refractivity contribution in [1.82, 2.24) is 0 Å². The van der Waals surface area contributed by atoms with E-state index in [0.29, 0.717) is 0 Å². The molecule has 0 unspecified atom stereocenters. The van der Waals surface area contributed by atoms with Crippen molar-refractivity contribution in [2.45, 2.75) is 14.7 Å². The molecule has 24 heavy (non-hydrogen) atoms. The summed E-state index contributed by atoms with van der Waals surface area (Å²) in [6.45, 7) is 0. The molecule has 2 heteroatoms. The van der Waals surface area contributed by atoms with Gasteiger partial charge in [-0.25, -0.2) is 0 Å². The van der Waals surface area contributed by atoms with Gasteiger partial charge in [0, 0.05) is 0 Å². The fourth-order valence-electron chi connectivity index (χ4n) is 2.73. The molecule has 3 aromatic carbocycles. The summed E-state index contributed by atoms with van der Waals surface area (Å²) in [6.07, 6.45) is 0. The van der Waals surface area contributed by atoms with Crippen LogP contribution in [0.1, 0.15) is 0 Å². The Labute approximate surface area is 149 Å². The Kier molecular flexibility index (Phi) is 4.50. The molecule has 0 fully saturated rings. The predicted molar refractivity (Wildman–Crippen MR) is 105 cm³/mol. The minimum absolute atomic E-state index is 0.0671. The SMILES string of the molecule is c1ccc([S+](c2ccccc2)c2ccc(-c3ccsc3)cc2)cc1. The summed E-state index contributed by atoms with van der Waals surface area (Å²) in [5.41, 5.74) is 2.58. The second-order valence-electron chi connectivity index (χ2n) is 5.47. The van der Waals surface area contributed by atoms with E-state index < -0.39 is 0 Å². The lowest BCUT2D eigenvalue weighted by atomic mass is 10.1. The van der Waals surface area contributed by atoms with Crippen LogP contribution in [-0.4, -0.2) is 0 Å². The van der Waals surface area contributed by atoms with E-state index in [1.165, 1.54) is 25.8 Å². The van der Waals surface area contributed by atoms with Gasteiger partial charge in [-0.05, 0) is 76.5 Å². The molecule has 0 atom stereocenters. The van der Waals surface area contributed by atoms with Gasteiger partial charge in [-0.3, -0.25) is 0 Å². The number of hydrogen-bond donors (Lipinski definition) is 0. The van der Waals surface area contributed by atoms with Crippen LogP contribution in [0.5, 0.6) is 0 Å². The van der Waals surface area contributed by atoms with Crippen LogP contribution < -0.4 is 0 Å². The van der Waals surface area contributed by atoms with Gasteiger partial charge >= 0.3 is 0 Å². The maximum atomic E-state index is 2.27. The summed E-state index contributed by atoms with van der Waals surface area (Å²) >= 11 is 1.74. The molecule has 0 aliphatic rings. The first-order chi connectivity index (χ1) is 11.9. The molecule has 0 bridgehead atoms. The van der Waals surface area contributed by atoms with Crippen molar-refractivity contribution in [2.24, 2.45) is 0 Å². The van der Waals surface area contributed by atoms with E-state index in [0.717, 1.165) is 0 Å². The quantitative estimate of drug-likeness (QED) is 0.370. The lowest BCUT2D eigenvalue weighted by Gasteiger charge is -2.08. The van der Waals surface area contributed by atoms with Gasteiger partial charge in [-0.15, -0.1) is 0 Å². The molecule has 116 valence electrons. The van der Waals surface area contributed by atoms with E-state index in [9.17, 15) is 0 Å². The highest BCUT2D eigenvalue weighted by Gasteiger charge is 2.27. The molecule has 4 rings (SSSR count). The number of hydrogen-bond acceptors (Lipinski definition) is 1. The monoisotopic (exact) mass is 345 g/mol. The summed E-state index contributed by atoms with van der Waals surface area (Å²) in [7, 11) is -0.0671. The topological polar surface area (TPSA) is 0 Å². The lowest BCUT2D eigenvalue weighted by molar-refractivity contribution is 1.32. The van der Waals surface area contributed by atoms with Gasteiger partial charge in [-0.1, -0.05) is 36.4 Å². The molecule has 0 aliphatic carbocycles. The van der Waals surface area contributed by atoms with E-state index >= 15 is 0 Å². The van der Waals surface area contributed by atoms with Gasteiger partial charge in [0.05, 0.1) is 10.9 Å². The molecular formula is C22H17S2+. The van der Waals surface area contributed by atoms with Gasteiger partial charge in [0.2, 0.25) is 0 Å². The van der Waals surface area contributed by atoms with Gasteiger partial charge < -0.3 is 0 Å². The van der Waals surface area contributed by atoms with Crippen molar-refractivity contribution >= 4 is 22.2 Å². The zero-order valence-electron chi connectivity index (χ0n) is 13.1. The molecule has 0 N–H and O–H groups in total. The van der Waals surface area contributed by atoms with Crippen LogP contribution in [0.3, 0.4) is 0 Å². The number of rotatable bonds is 4. The third kappa shape index (κ3) is 3.16. The molecule has 0 spiro atoms. The minimum Gasteiger partial charge on any atom is -0.152 e. The smallest absolute Gasteiger partial charge is 0.152 e. The second kappa shape index (κ2) is 7.08. The van der Waals surface area contributed by atoms with Crippen molar-refractivity contribution in [3.8, 4) is 11.1 Å². The Morgan fingerprint density at radius 1 is 0.500 bits per heavy atom. The lowest BCUT2D eigenvalue weighted by Crippen LogP contribution is -2.04. The van der Waals surface area contributed by atoms with Gasteiger partial charge in [0.25, 0.3) is 0 Å². The highest BCUT2D eigenvalue weighted by atomic mass is 32.2. The fraction of sp³-hybridized carbons (Fsp3) is 0. The van der Waals surface area contributed by atoms with E-state index in [2.05, 4.69) is 102 Å². The Hall–Kier alpha value is -2.29. The number of thiophene rings is 1. The molecule has 0 saturated carbocycles. The predicted octanol–water partition coefficient (Wildman–Crippen LogP) is 6.51. The van der Waals surface area contributed by atoms with Crippen LogP contribution in [0, 0.1) is 0 Å². The zero-order valence-corrected chi connectivity index (χ0v) is 14.8. The first kappa shape index (κ1) is 15.3. The van der Waals surface area contributed by atoms with Crippen LogP contribution in [0.4, 0.5) is 0 Å². The first-order valence-electron chi connectivity index (χ1n) is 7.89. The molecule has 0 nitrogen and oxygen atoms in total. The van der Waals surface area contributed by atoms with Crippen LogP contribution in [0.25, 0.3) is 11.1 Å². The van der Waals surface area contributed by atoms with E-state index in [-0.39, 0.29) is 10.9 Å². The Morgan fingerprint density at radius 2 is 1.04 bits per heavy atom. The Morgan fingerprint density at radius 3 is 1.54 bits per heavy atom. The molecular weight excluding hydrogens is 328 g/mol. The van der Waals surface area contributed by atoms with Crippen LogP contribution in [-0.2, 0) is 10.9 Å². The number of benzene rings is 3. The average molecular weight is 346 g/mol. The summed E-state index contributed by atoms with van der Waals surface area (Å²) in [5.74, 6) is 0. The maximum absolute atomic E-state index is 2.27. The molecule has 0 aliphatic heterocycles. The van der Waals surface area contributed by atoms with Crippen molar-refractivity contribution in [3.63, 3.8) is 0 Å². The molecule has 1 heterocycles. The van der Waals surface area contributed by atoms with Crippen molar-refractivity contribution < 1.29 is 0 Å². The van der Waals surface area contributed by atoms with E-state index in [4.69, 9.17) is 0 Å². The Bertz CT molecular complexity index is 840. The van der Waals surface area contributed by atoms with Crippen LogP contribution in [0.15, 0.2) is 116 Å². The highest BCUT2D eigenvalue weighted by Crippen LogP contribution is 2.32. The normalized spacial score (nSPS) is 10.9. The van der Waals surface area contributed by atoms with Crippen LogP contribution >= 0.6 is 11.3 Å². The van der Waals surface area contributed by atoms with Crippen molar-refractivity contribution in [1.29, 1.82) is 0 Å². The highest BCUT2D eigenvalue weighted by molar-refractivity contribution is 7.97. The Balaban J connectivity index is 1.77.